The first kappa shape index (κ1) is 17.1. The Kier molecular flexibility index (Phi) is 6.69. The topological polar surface area (TPSA) is 54.0 Å². The fourth-order valence-electron chi connectivity index (χ4n) is 2.13. The summed E-state index contributed by atoms with van der Waals surface area (Å²) < 4.78 is 0. The lowest BCUT2D eigenvalue weighted by atomic mass is 10.1. The van der Waals surface area contributed by atoms with Crippen LogP contribution in [0.5, 0.6) is 0 Å². The molecule has 0 aliphatic rings. The fraction of sp³-hybridized carbons (Fsp3) is 0.278. The van der Waals surface area contributed by atoms with Crippen molar-refractivity contribution in [3.63, 3.8) is 0 Å². The van der Waals surface area contributed by atoms with Crippen molar-refractivity contribution in [2.75, 3.05) is 5.32 Å². The van der Waals surface area contributed by atoms with Crippen LogP contribution < -0.4 is 10.6 Å². The van der Waals surface area contributed by atoms with E-state index in [1.807, 2.05) is 36.4 Å². The molecule has 2 aromatic rings. The average Bonchev–Trinajstić information content (AvgIpc) is 2.55. The standard InChI is InChI=1S/C18H21N3OS/c1-2-3-4-17(22)21-18(23)20-16-7-5-14(6-8-16)13-15-9-11-19-12-10-15/h5-12H,2-4,13H2,1H3,(H2,20,21,22,23). The first-order valence-electron chi connectivity index (χ1n) is 7.76. The fourth-order valence-corrected chi connectivity index (χ4v) is 2.36. The van der Waals surface area contributed by atoms with Gasteiger partial charge in [0.2, 0.25) is 5.91 Å². The number of aromatic nitrogens is 1. The summed E-state index contributed by atoms with van der Waals surface area (Å²) in [5.74, 6) is -0.0429. The number of nitrogens with one attached hydrogen (secondary N) is 2. The Bertz CT molecular complexity index is 641. The molecule has 0 unspecified atom stereocenters. The van der Waals surface area contributed by atoms with Crippen molar-refractivity contribution in [3.8, 4) is 0 Å². The molecule has 2 rings (SSSR count). The highest BCUT2D eigenvalue weighted by molar-refractivity contribution is 7.80. The molecular weight excluding hydrogens is 306 g/mol. The number of benzene rings is 1. The Morgan fingerprint density at radius 3 is 2.39 bits per heavy atom. The number of carbonyl (C=O) groups excluding carboxylic acids is 1. The molecule has 2 N–H and O–H groups in total. The molecule has 0 atom stereocenters. The summed E-state index contributed by atoms with van der Waals surface area (Å²) in [4.78, 5) is 15.6. The Morgan fingerprint density at radius 2 is 1.74 bits per heavy atom. The third kappa shape index (κ3) is 6.16. The molecule has 5 heteroatoms. The maximum absolute atomic E-state index is 11.6. The van der Waals surface area contributed by atoms with Gasteiger partial charge in [0.05, 0.1) is 0 Å². The van der Waals surface area contributed by atoms with E-state index in [2.05, 4.69) is 22.5 Å². The van der Waals surface area contributed by atoms with Gasteiger partial charge >= 0.3 is 0 Å². The van der Waals surface area contributed by atoms with E-state index >= 15 is 0 Å². The molecule has 23 heavy (non-hydrogen) atoms. The molecule has 0 radical (unpaired) electrons. The van der Waals surface area contributed by atoms with Gasteiger partial charge in [0.15, 0.2) is 5.11 Å². The lowest BCUT2D eigenvalue weighted by Gasteiger charge is -2.10. The summed E-state index contributed by atoms with van der Waals surface area (Å²) in [5, 5.41) is 6.06. The molecule has 0 saturated heterocycles. The third-order valence-electron chi connectivity index (χ3n) is 3.38. The van der Waals surface area contributed by atoms with Crippen LogP contribution in [0.1, 0.15) is 37.3 Å². The van der Waals surface area contributed by atoms with E-state index in [0.29, 0.717) is 11.5 Å². The van der Waals surface area contributed by atoms with E-state index < -0.39 is 0 Å². The molecule has 1 aromatic heterocycles. The first-order chi connectivity index (χ1) is 11.2. The maximum Gasteiger partial charge on any atom is 0.226 e. The molecule has 0 saturated carbocycles. The van der Waals surface area contributed by atoms with Gasteiger partial charge in [0.1, 0.15) is 0 Å². The molecule has 1 amide bonds. The van der Waals surface area contributed by atoms with Gasteiger partial charge in [0.25, 0.3) is 0 Å². The minimum Gasteiger partial charge on any atom is -0.332 e. The number of pyridine rings is 1. The second-order valence-electron chi connectivity index (χ2n) is 5.34. The largest absolute Gasteiger partial charge is 0.332 e. The van der Waals surface area contributed by atoms with Gasteiger partial charge in [-0.05, 0) is 60.5 Å². The van der Waals surface area contributed by atoms with Gasteiger partial charge in [-0.1, -0.05) is 25.5 Å². The molecule has 0 fully saturated rings. The summed E-state index contributed by atoms with van der Waals surface area (Å²) in [6, 6.07) is 12.0. The van der Waals surface area contributed by atoms with Gasteiger partial charge in [0, 0.05) is 24.5 Å². The highest BCUT2D eigenvalue weighted by Gasteiger charge is 2.04. The van der Waals surface area contributed by atoms with Crippen LogP contribution >= 0.6 is 12.2 Å². The van der Waals surface area contributed by atoms with Crippen LogP contribution in [0.4, 0.5) is 5.69 Å². The van der Waals surface area contributed by atoms with Gasteiger partial charge in [-0.15, -0.1) is 0 Å². The van der Waals surface area contributed by atoms with Crippen LogP contribution in [0.2, 0.25) is 0 Å². The zero-order chi connectivity index (χ0) is 16.5. The predicted octanol–water partition coefficient (Wildman–Crippen LogP) is 3.68. The lowest BCUT2D eigenvalue weighted by molar-refractivity contribution is -0.119. The van der Waals surface area contributed by atoms with Crippen LogP contribution in [-0.4, -0.2) is 16.0 Å². The van der Waals surface area contributed by atoms with E-state index in [9.17, 15) is 4.79 Å². The summed E-state index contributed by atoms with van der Waals surface area (Å²) >= 11 is 5.15. The maximum atomic E-state index is 11.6. The molecule has 4 nitrogen and oxygen atoms in total. The molecule has 1 aromatic carbocycles. The summed E-state index contributed by atoms with van der Waals surface area (Å²) in [6.07, 6.45) is 6.82. The van der Waals surface area contributed by atoms with E-state index in [1.54, 1.807) is 12.4 Å². The molecule has 0 aliphatic heterocycles. The molecule has 0 spiro atoms. The molecule has 120 valence electrons. The van der Waals surface area contributed by atoms with Crippen LogP contribution in [0.3, 0.4) is 0 Å². The third-order valence-corrected chi connectivity index (χ3v) is 3.58. The van der Waals surface area contributed by atoms with Crippen molar-refractivity contribution >= 4 is 28.9 Å². The van der Waals surface area contributed by atoms with E-state index in [1.165, 1.54) is 11.1 Å². The Hall–Kier alpha value is -2.27. The quantitative estimate of drug-likeness (QED) is 0.795. The number of hydrogen-bond donors (Lipinski definition) is 2. The number of rotatable bonds is 6. The predicted molar refractivity (Wildman–Crippen MR) is 97.4 cm³/mol. The zero-order valence-corrected chi connectivity index (χ0v) is 14.0. The minimum atomic E-state index is -0.0429. The van der Waals surface area contributed by atoms with Crippen molar-refractivity contribution in [2.45, 2.75) is 32.6 Å². The highest BCUT2D eigenvalue weighted by atomic mass is 32.1. The van der Waals surface area contributed by atoms with Gasteiger partial charge in [-0.25, -0.2) is 0 Å². The number of anilines is 1. The van der Waals surface area contributed by atoms with Crippen molar-refractivity contribution < 1.29 is 4.79 Å². The van der Waals surface area contributed by atoms with Crippen LogP contribution in [0.15, 0.2) is 48.8 Å². The number of unbranched alkanes of at least 4 members (excludes halogenated alkanes) is 1. The molecule has 1 heterocycles. The smallest absolute Gasteiger partial charge is 0.226 e. The molecular formula is C18H21N3OS. The van der Waals surface area contributed by atoms with E-state index in [-0.39, 0.29) is 5.91 Å². The average molecular weight is 327 g/mol. The second kappa shape index (κ2) is 9.00. The monoisotopic (exact) mass is 327 g/mol. The van der Waals surface area contributed by atoms with Crippen molar-refractivity contribution in [2.24, 2.45) is 0 Å². The number of hydrogen-bond acceptors (Lipinski definition) is 3. The van der Waals surface area contributed by atoms with Crippen LogP contribution in [0.25, 0.3) is 0 Å². The van der Waals surface area contributed by atoms with E-state index in [0.717, 1.165) is 24.9 Å². The number of thiocarbonyl (C=S) groups is 1. The molecule has 0 bridgehead atoms. The summed E-state index contributed by atoms with van der Waals surface area (Å²) in [6.45, 7) is 2.05. The summed E-state index contributed by atoms with van der Waals surface area (Å²) in [7, 11) is 0. The van der Waals surface area contributed by atoms with Gasteiger partial charge < -0.3 is 10.6 Å². The number of nitrogens with zero attached hydrogens (tertiary/aromatic N) is 1. The first-order valence-corrected chi connectivity index (χ1v) is 8.17. The summed E-state index contributed by atoms with van der Waals surface area (Å²) in [5.41, 5.74) is 3.29. The van der Waals surface area contributed by atoms with Crippen molar-refractivity contribution in [1.82, 2.24) is 10.3 Å². The zero-order valence-electron chi connectivity index (χ0n) is 13.2. The SMILES string of the molecule is CCCCC(=O)NC(=S)Nc1ccc(Cc2ccncc2)cc1. The number of amides is 1. The molecule has 0 aliphatic carbocycles. The van der Waals surface area contributed by atoms with Crippen molar-refractivity contribution in [3.05, 3.63) is 59.9 Å². The minimum absolute atomic E-state index is 0.0429. The Morgan fingerprint density at radius 1 is 1.09 bits per heavy atom. The Balaban J connectivity index is 1.85. The van der Waals surface area contributed by atoms with Crippen LogP contribution in [-0.2, 0) is 11.2 Å². The van der Waals surface area contributed by atoms with Crippen molar-refractivity contribution in [1.29, 1.82) is 0 Å². The van der Waals surface area contributed by atoms with Gasteiger partial charge in [-0.2, -0.15) is 0 Å². The second-order valence-corrected chi connectivity index (χ2v) is 5.74. The highest BCUT2D eigenvalue weighted by Crippen LogP contribution is 2.13. The van der Waals surface area contributed by atoms with Crippen LogP contribution in [0, 0.1) is 0 Å². The lowest BCUT2D eigenvalue weighted by Crippen LogP contribution is -2.33. The normalized spacial score (nSPS) is 10.1. The Labute approximate surface area is 142 Å². The van der Waals surface area contributed by atoms with Gasteiger partial charge in [-0.3, -0.25) is 9.78 Å². The number of carbonyl (C=O) groups is 1. The van der Waals surface area contributed by atoms with E-state index in [4.69, 9.17) is 12.2 Å².